The molecule has 0 N–H and O–H groups in total. The molecule has 4 aromatic carbocycles. The minimum Gasteiger partial charge on any atom is -0.0622 e. The van der Waals surface area contributed by atoms with Crippen LogP contribution in [0.5, 0.6) is 0 Å². The van der Waals surface area contributed by atoms with E-state index in [-0.39, 0.29) is 0 Å². The Labute approximate surface area is 182 Å². The molecule has 0 radical (unpaired) electrons. The van der Waals surface area contributed by atoms with Gasteiger partial charge in [0.2, 0.25) is 0 Å². The van der Waals surface area contributed by atoms with Crippen molar-refractivity contribution in [3.63, 3.8) is 0 Å². The maximum Gasteiger partial charge on any atom is 0.0995 e. The van der Waals surface area contributed by atoms with Crippen LogP contribution < -0.4 is 10.6 Å². The predicted octanol–water partition coefficient (Wildman–Crippen LogP) is 6.88. The summed E-state index contributed by atoms with van der Waals surface area (Å²) < 4.78 is 0. The topological polar surface area (TPSA) is 0 Å². The van der Waals surface area contributed by atoms with Gasteiger partial charge in [-0.2, -0.15) is 0 Å². The van der Waals surface area contributed by atoms with Crippen molar-refractivity contribution < 1.29 is 0 Å². The molecule has 0 fully saturated rings. The summed E-state index contributed by atoms with van der Waals surface area (Å²) in [6, 6.07) is 44.5. The zero-order chi connectivity index (χ0) is 20.5. The summed E-state index contributed by atoms with van der Waals surface area (Å²) in [4.78, 5) is 0. The minimum absolute atomic E-state index is 1.13. The fourth-order valence-electron chi connectivity index (χ4n) is 4.35. The molecule has 0 saturated carbocycles. The molecule has 0 aliphatic heterocycles. The van der Waals surface area contributed by atoms with Crippen LogP contribution in [0, 0.1) is 0 Å². The standard InChI is InChI=1S/C29H30P/c1-5-15-26(16-6-1)17-13-14-24-30(28-20-9-3-10-21-28,29-22-11-4-12-23-29)25-27-18-7-2-8-19-27/h1-12,15-16,18-23H,13-14,17,24-25H2/q+1. The highest BCUT2D eigenvalue weighted by Gasteiger charge is 2.42. The highest BCUT2D eigenvalue weighted by molar-refractivity contribution is 7.88. The maximum atomic E-state index is 2.36. The molecule has 4 rings (SSSR count). The molecule has 0 aliphatic carbocycles. The number of unbranched alkanes of at least 4 members (excludes halogenated alkanes) is 1. The molecule has 0 heterocycles. The molecule has 30 heavy (non-hydrogen) atoms. The van der Waals surface area contributed by atoms with Crippen molar-refractivity contribution in [3.8, 4) is 0 Å². The average molecular weight is 410 g/mol. The normalized spacial score (nSPS) is 11.3. The minimum atomic E-state index is -1.54. The van der Waals surface area contributed by atoms with Crippen molar-refractivity contribution in [2.75, 3.05) is 6.16 Å². The van der Waals surface area contributed by atoms with Gasteiger partial charge in [-0.05, 0) is 54.7 Å². The number of aryl methyl sites for hydroxylation is 1. The highest BCUT2D eigenvalue weighted by atomic mass is 31.2. The van der Waals surface area contributed by atoms with E-state index >= 15 is 0 Å². The molecule has 0 spiro atoms. The molecular formula is C29H30P+. The van der Waals surface area contributed by atoms with E-state index in [4.69, 9.17) is 0 Å². The van der Waals surface area contributed by atoms with Crippen LogP contribution in [-0.2, 0) is 12.6 Å². The Morgan fingerprint density at radius 1 is 0.433 bits per heavy atom. The molecule has 0 bridgehead atoms. The third kappa shape index (κ3) is 5.07. The Balaban J connectivity index is 1.65. The van der Waals surface area contributed by atoms with Gasteiger partial charge in [0, 0.05) is 0 Å². The van der Waals surface area contributed by atoms with Gasteiger partial charge in [-0.1, -0.05) is 97.1 Å². The number of rotatable bonds is 9. The van der Waals surface area contributed by atoms with E-state index < -0.39 is 7.26 Å². The van der Waals surface area contributed by atoms with Crippen LogP contribution in [-0.4, -0.2) is 6.16 Å². The van der Waals surface area contributed by atoms with Crippen molar-refractivity contribution in [1.29, 1.82) is 0 Å². The molecule has 0 nitrogen and oxygen atoms in total. The van der Waals surface area contributed by atoms with E-state index in [9.17, 15) is 0 Å². The summed E-state index contributed by atoms with van der Waals surface area (Å²) in [6.45, 7) is 0. The van der Waals surface area contributed by atoms with E-state index in [1.165, 1.54) is 40.7 Å². The van der Waals surface area contributed by atoms with Gasteiger partial charge in [-0.25, -0.2) is 0 Å². The molecule has 0 aliphatic rings. The molecule has 0 aromatic heterocycles. The zero-order valence-corrected chi connectivity index (χ0v) is 18.4. The lowest BCUT2D eigenvalue weighted by molar-refractivity contribution is 0.798. The first kappa shape index (κ1) is 20.6. The van der Waals surface area contributed by atoms with E-state index in [1.807, 2.05) is 0 Å². The first-order chi connectivity index (χ1) is 14.9. The summed E-state index contributed by atoms with van der Waals surface area (Å²) in [5, 5.41) is 3.06. The number of benzene rings is 4. The SMILES string of the molecule is c1ccc(CCCC[P+](Cc2ccccc2)(c2ccccc2)c2ccccc2)cc1. The smallest absolute Gasteiger partial charge is 0.0622 e. The van der Waals surface area contributed by atoms with Crippen molar-refractivity contribution in [2.24, 2.45) is 0 Å². The summed E-state index contributed by atoms with van der Waals surface area (Å²) >= 11 is 0. The molecule has 150 valence electrons. The third-order valence-corrected chi connectivity index (χ3v) is 10.5. The first-order valence-corrected chi connectivity index (χ1v) is 13.1. The molecule has 0 saturated heterocycles. The van der Waals surface area contributed by atoms with Crippen LogP contribution in [0.25, 0.3) is 0 Å². The number of hydrogen-bond acceptors (Lipinski definition) is 0. The molecular weight excluding hydrogens is 379 g/mol. The second kappa shape index (κ2) is 10.4. The highest BCUT2D eigenvalue weighted by Crippen LogP contribution is 2.59. The summed E-state index contributed by atoms with van der Waals surface area (Å²) in [6.07, 6.45) is 6.03. The van der Waals surface area contributed by atoms with Gasteiger partial charge in [0.25, 0.3) is 0 Å². The second-order valence-electron chi connectivity index (χ2n) is 7.95. The Bertz CT molecular complexity index is 956. The number of hydrogen-bond donors (Lipinski definition) is 0. The lowest BCUT2D eigenvalue weighted by Gasteiger charge is -2.28. The van der Waals surface area contributed by atoms with E-state index in [0.29, 0.717) is 0 Å². The Morgan fingerprint density at radius 2 is 0.867 bits per heavy atom. The van der Waals surface area contributed by atoms with Gasteiger partial charge >= 0.3 is 0 Å². The fourth-order valence-corrected chi connectivity index (χ4v) is 8.77. The summed E-state index contributed by atoms with van der Waals surface area (Å²) in [7, 11) is -1.54. The lowest BCUT2D eigenvalue weighted by atomic mass is 10.1. The van der Waals surface area contributed by atoms with Gasteiger partial charge in [-0.15, -0.1) is 0 Å². The zero-order valence-electron chi connectivity index (χ0n) is 17.5. The maximum absolute atomic E-state index is 2.36. The average Bonchev–Trinajstić information content (AvgIpc) is 2.83. The summed E-state index contributed by atoms with van der Waals surface area (Å²) in [5.41, 5.74) is 2.89. The quantitative estimate of drug-likeness (QED) is 0.209. The molecule has 1 heteroatoms. The molecule has 0 amide bonds. The van der Waals surface area contributed by atoms with Crippen LogP contribution >= 0.6 is 7.26 Å². The largest absolute Gasteiger partial charge is 0.0995 e. The van der Waals surface area contributed by atoms with Crippen molar-refractivity contribution in [2.45, 2.75) is 25.4 Å². The summed E-state index contributed by atoms with van der Waals surface area (Å²) in [5.74, 6) is 0. The molecule has 0 unspecified atom stereocenters. The van der Waals surface area contributed by atoms with Gasteiger partial charge < -0.3 is 0 Å². The Hall–Kier alpha value is -2.69. The lowest BCUT2D eigenvalue weighted by Crippen LogP contribution is -2.26. The van der Waals surface area contributed by atoms with Crippen molar-refractivity contribution in [3.05, 3.63) is 132 Å². The monoisotopic (exact) mass is 409 g/mol. The Kier molecular flexibility index (Phi) is 7.11. The van der Waals surface area contributed by atoms with Gasteiger partial charge in [0.15, 0.2) is 0 Å². The predicted molar refractivity (Wildman–Crippen MR) is 133 cm³/mol. The van der Waals surface area contributed by atoms with E-state index in [0.717, 1.165) is 12.6 Å². The van der Waals surface area contributed by atoms with Crippen LogP contribution in [0.3, 0.4) is 0 Å². The van der Waals surface area contributed by atoms with Crippen LogP contribution in [0.15, 0.2) is 121 Å². The molecule has 4 aromatic rings. The van der Waals surface area contributed by atoms with Crippen LogP contribution in [0.1, 0.15) is 24.0 Å². The first-order valence-electron chi connectivity index (χ1n) is 10.9. The van der Waals surface area contributed by atoms with Crippen LogP contribution in [0.2, 0.25) is 0 Å². The fraction of sp³-hybridized carbons (Fsp3) is 0.172. The third-order valence-electron chi connectivity index (χ3n) is 5.89. The Morgan fingerprint density at radius 3 is 1.37 bits per heavy atom. The van der Waals surface area contributed by atoms with E-state index in [2.05, 4.69) is 121 Å². The van der Waals surface area contributed by atoms with Crippen molar-refractivity contribution >= 4 is 17.9 Å². The van der Waals surface area contributed by atoms with Gasteiger partial charge in [0.05, 0.1) is 30.2 Å². The second-order valence-corrected chi connectivity index (χ2v) is 11.7. The molecule has 0 atom stereocenters. The van der Waals surface area contributed by atoms with Crippen molar-refractivity contribution in [1.82, 2.24) is 0 Å². The van der Waals surface area contributed by atoms with Crippen LogP contribution in [0.4, 0.5) is 0 Å². The van der Waals surface area contributed by atoms with Gasteiger partial charge in [-0.3, -0.25) is 0 Å². The van der Waals surface area contributed by atoms with Gasteiger partial charge in [0.1, 0.15) is 0 Å². The van der Waals surface area contributed by atoms with E-state index in [1.54, 1.807) is 0 Å².